The van der Waals surface area contributed by atoms with Crippen LogP contribution >= 0.6 is 11.3 Å². The lowest BCUT2D eigenvalue weighted by Gasteiger charge is -2.30. The number of carboxylic acid groups (broad SMARTS) is 1. The summed E-state index contributed by atoms with van der Waals surface area (Å²) in [4.78, 5) is 80.2. The van der Waals surface area contributed by atoms with Gasteiger partial charge in [0.15, 0.2) is 17.0 Å². The van der Waals surface area contributed by atoms with Crippen LogP contribution in [0.3, 0.4) is 0 Å². The Morgan fingerprint density at radius 1 is 1.12 bits per heavy atom. The van der Waals surface area contributed by atoms with Gasteiger partial charge >= 0.3 is 12.1 Å². The zero-order valence-corrected chi connectivity index (χ0v) is 28.9. The van der Waals surface area contributed by atoms with E-state index in [-0.39, 0.29) is 41.9 Å². The molecule has 5 atom stereocenters. The average molecular weight is 705 g/mol. The van der Waals surface area contributed by atoms with Crippen LogP contribution in [0.5, 0.6) is 5.88 Å². The SMILES string of the molecule is CC(C)(C)OC(=O)N[C@@H]1CCCCC/C=C\C2CC2(C(=O)O)NC(=O)C2C[C@@H](Oc3nc4ccccc4nc3-c3csc(C=O)n3)CN2C1=O. The lowest BCUT2D eigenvalue weighted by atomic mass is 10.0. The molecule has 4 heterocycles. The van der Waals surface area contributed by atoms with Crippen molar-refractivity contribution >= 4 is 52.5 Å². The number of fused-ring (bicyclic) bond motifs is 3. The van der Waals surface area contributed by atoms with Crippen LogP contribution in [-0.2, 0) is 19.1 Å². The van der Waals surface area contributed by atoms with Gasteiger partial charge < -0.3 is 30.1 Å². The van der Waals surface area contributed by atoms with E-state index in [9.17, 15) is 29.1 Å². The molecule has 1 saturated heterocycles. The minimum atomic E-state index is -1.48. The summed E-state index contributed by atoms with van der Waals surface area (Å²) in [5.41, 5.74) is -0.500. The Hall–Kier alpha value is -4.92. The number of amides is 3. The number of allylic oxidation sites excluding steroid dienone is 1. The number of aldehydes is 1. The number of carboxylic acids is 1. The van der Waals surface area contributed by atoms with Gasteiger partial charge in [0, 0.05) is 17.7 Å². The number of ether oxygens (including phenoxy) is 2. The molecule has 3 unspecified atom stereocenters. The van der Waals surface area contributed by atoms with Crippen LogP contribution in [0.2, 0.25) is 0 Å². The number of hydrogen-bond donors (Lipinski definition) is 3. The van der Waals surface area contributed by atoms with Crippen molar-refractivity contribution in [1.82, 2.24) is 30.5 Å². The Balaban J connectivity index is 1.34. The van der Waals surface area contributed by atoms with E-state index in [2.05, 4.69) is 15.6 Å². The molecular formula is C35H40N6O8S. The van der Waals surface area contributed by atoms with Gasteiger partial charge in [0.2, 0.25) is 17.7 Å². The summed E-state index contributed by atoms with van der Waals surface area (Å²) in [7, 11) is 0. The molecule has 264 valence electrons. The second kappa shape index (κ2) is 14.1. The number of nitrogens with one attached hydrogen (secondary N) is 2. The Morgan fingerprint density at radius 3 is 2.58 bits per heavy atom. The maximum atomic E-state index is 14.3. The van der Waals surface area contributed by atoms with Crippen LogP contribution in [0.25, 0.3) is 22.4 Å². The smallest absolute Gasteiger partial charge is 0.408 e. The van der Waals surface area contributed by atoms with Gasteiger partial charge in [-0.2, -0.15) is 0 Å². The van der Waals surface area contributed by atoms with Crippen molar-refractivity contribution in [3.05, 3.63) is 46.8 Å². The summed E-state index contributed by atoms with van der Waals surface area (Å²) < 4.78 is 11.9. The fourth-order valence-corrected chi connectivity index (χ4v) is 7.04. The van der Waals surface area contributed by atoms with E-state index < -0.39 is 53.2 Å². The molecule has 3 N–H and O–H groups in total. The van der Waals surface area contributed by atoms with Crippen molar-refractivity contribution in [3.63, 3.8) is 0 Å². The number of hydrogen-bond acceptors (Lipinski definition) is 11. The molecule has 0 radical (unpaired) electrons. The second-order valence-electron chi connectivity index (χ2n) is 13.9. The molecule has 1 aliphatic carbocycles. The topological polar surface area (TPSA) is 190 Å². The average Bonchev–Trinajstić information content (AvgIpc) is 3.36. The van der Waals surface area contributed by atoms with E-state index in [4.69, 9.17) is 19.4 Å². The predicted molar refractivity (Wildman–Crippen MR) is 183 cm³/mol. The largest absolute Gasteiger partial charge is 0.479 e. The van der Waals surface area contributed by atoms with Crippen LogP contribution in [-0.4, -0.2) is 91.0 Å². The number of aliphatic carboxylic acids is 1. The van der Waals surface area contributed by atoms with Crippen LogP contribution in [0.1, 0.15) is 75.5 Å². The first-order valence-electron chi connectivity index (χ1n) is 16.7. The summed E-state index contributed by atoms with van der Waals surface area (Å²) >= 11 is 1.14. The van der Waals surface area contributed by atoms with E-state index in [1.54, 1.807) is 44.4 Å². The number of para-hydroxylation sites is 2. The maximum Gasteiger partial charge on any atom is 0.408 e. The summed E-state index contributed by atoms with van der Waals surface area (Å²) in [5, 5.41) is 17.6. The molecule has 0 spiro atoms. The summed E-state index contributed by atoms with van der Waals surface area (Å²) in [6.07, 6.45) is 6.39. The lowest BCUT2D eigenvalue weighted by molar-refractivity contribution is -0.145. The molecule has 0 bridgehead atoms. The Morgan fingerprint density at radius 2 is 1.88 bits per heavy atom. The van der Waals surface area contributed by atoms with Gasteiger partial charge in [-0.1, -0.05) is 37.1 Å². The van der Waals surface area contributed by atoms with Gasteiger partial charge in [0.25, 0.3) is 0 Å². The lowest BCUT2D eigenvalue weighted by Crippen LogP contribution is -2.56. The van der Waals surface area contributed by atoms with Crippen molar-refractivity contribution in [1.29, 1.82) is 0 Å². The third-order valence-corrected chi connectivity index (χ3v) is 9.76. The van der Waals surface area contributed by atoms with Crippen molar-refractivity contribution in [2.75, 3.05) is 6.54 Å². The van der Waals surface area contributed by atoms with Crippen LogP contribution in [0.15, 0.2) is 41.8 Å². The van der Waals surface area contributed by atoms with Gasteiger partial charge in [-0.05, 0) is 58.6 Å². The maximum absolute atomic E-state index is 14.3. The van der Waals surface area contributed by atoms with Crippen LogP contribution in [0.4, 0.5) is 4.79 Å². The molecule has 2 aromatic heterocycles. The Labute approximate surface area is 292 Å². The van der Waals surface area contributed by atoms with E-state index in [1.807, 2.05) is 18.2 Å². The molecular weight excluding hydrogens is 664 g/mol. The molecule has 1 aromatic carbocycles. The summed E-state index contributed by atoms with van der Waals surface area (Å²) in [6.45, 7) is 5.11. The van der Waals surface area contributed by atoms with Crippen molar-refractivity contribution < 1.29 is 38.6 Å². The number of aromatic nitrogens is 3. The minimum Gasteiger partial charge on any atom is -0.479 e. The van der Waals surface area contributed by atoms with E-state index in [1.165, 1.54) is 4.90 Å². The fraction of sp³-hybridized carbons (Fsp3) is 0.486. The number of thiazole rings is 1. The number of carbonyl (C=O) groups is 5. The number of carbonyl (C=O) groups excluding carboxylic acids is 4. The zero-order chi connectivity index (χ0) is 35.6. The third kappa shape index (κ3) is 7.62. The van der Waals surface area contributed by atoms with Gasteiger partial charge in [-0.3, -0.25) is 14.4 Å². The Kier molecular flexibility index (Phi) is 9.87. The number of rotatable bonds is 6. The third-order valence-electron chi connectivity index (χ3n) is 8.99. The molecule has 1 saturated carbocycles. The highest BCUT2D eigenvalue weighted by Gasteiger charge is 2.61. The van der Waals surface area contributed by atoms with E-state index in [0.717, 1.165) is 30.6 Å². The summed E-state index contributed by atoms with van der Waals surface area (Å²) in [6, 6.07) is 5.06. The molecule has 2 fully saturated rings. The summed E-state index contributed by atoms with van der Waals surface area (Å²) in [5.74, 6) is -2.56. The van der Waals surface area contributed by atoms with Gasteiger partial charge in [0.05, 0.1) is 17.6 Å². The molecule has 3 amide bonds. The van der Waals surface area contributed by atoms with Crippen LogP contribution in [0, 0.1) is 5.92 Å². The number of benzene rings is 1. The monoisotopic (exact) mass is 704 g/mol. The minimum absolute atomic E-state index is 0.0114. The first-order valence-corrected chi connectivity index (χ1v) is 17.6. The Bertz CT molecular complexity index is 1840. The highest BCUT2D eigenvalue weighted by atomic mass is 32.1. The van der Waals surface area contributed by atoms with Gasteiger partial charge in [-0.15, -0.1) is 11.3 Å². The first kappa shape index (κ1) is 34.9. The molecule has 50 heavy (non-hydrogen) atoms. The second-order valence-corrected chi connectivity index (χ2v) is 14.8. The van der Waals surface area contributed by atoms with Crippen molar-refractivity contribution in [2.45, 2.75) is 95.0 Å². The highest BCUT2D eigenvalue weighted by molar-refractivity contribution is 7.11. The highest BCUT2D eigenvalue weighted by Crippen LogP contribution is 2.45. The molecule has 3 aliphatic rings. The van der Waals surface area contributed by atoms with Crippen molar-refractivity contribution in [3.8, 4) is 17.3 Å². The fourth-order valence-electron chi connectivity index (χ4n) is 6.44. The molecule has 15 heteroatoms. The normalized spacial score (nSPS) is 26.4. The van der Waals surface area contributed by atoms with Crippen molar-refractivity contribution in [2.24, 2.45) is 5.92 Å². The van der Waals surface area contributed by atoms with E-state index in [0.29, 0.717) is 35.9 Å². The first-order chi connectivity index (χ1) is 23.9. The van der Waals surface area contributed by atoms with Gasteiger partial charge in [0.1, 0.15) is 35.0 Å². The zero-order valence-electron chi connectivity index (χ0n) is 28.1. The van der Waals surface area contributed by atoms with E-state index >= 15 is 0 Å². The molecule has 3 aromatic rings. The molecule has 6 rings (SSSR count). The predicted octanol–water partition coefficient (Wildman–Crippen LogP) is 4.29. The quantitative estimate of drug-likeness (QED) is 0.245. The van der Waals surface area contributed by atoms with Gasteiger partial charge in [-0.25, -0.2) is 24.5 Å². The number of nitrogens with zero attached hydrogens (tertiary/aromatic N) is 4. The molecule has 2 aliphatic heterocycles. The van der Waals surface area contributed by atoms with Crippen LogP contribution < -0.4 is 15.4 Å². The number of alkyl carbamates (subject to hydrolysis) is 1. The molecule has 14 nitrogen and oxygen atoms in total. The standard InChI is InChI=1S/C35H40N6O8S/c1-34(2,3)49-33(47)39-24-14-8-6-4-5-7-11-20-16-35(20,32(45)46)40-29(43)26-15-21(17-41(26)31(24)44)48-30-28(25-19-50-27(18-42)36-25)37-22-12-9-10-13-23(22)38-30/h7,9-13,18-21,24,26H,4-6,8,14-17H2,1-3H3,(H,39,47)(H,40,43)(H,45,46)/b11-7-/t20?,21-,24-,26?,35?/m1/s1.